The second-order valence-electron chi connectivity index (χ2n) is 3.63. The number of halogens is 1. The van der Waals surface area contributed by atoms with Crippen molar-refractivity contribution >= 4 is 17.4 Å². The molecule has 0 atom stereocenters. The number of hydrogen-bond acceptors (Lipinski definition) is 4. The van der Waals surface area contributed by atoms with E-state index in [1.54, 1.807) is 13.2 Å². The minimum absolute atomic E-state index is 0.432. The second kappa shape index (κ2) is 4.77. The van der Waals surface area contributed by atoms with E-state index in [0.717, 1.165) is 12.4 Å². The minimum Gasteiger partial charge on any atom is -0.383 e. The predicted octanol–water partition coefficient (Wildman–Crippen LogP) is 1.75. The van der Waals surface area contributed by atoms with Gasteiger partial charge in [0.25, 0.3) is 0 Å². The first-order chi connectivity index (χ1) is 7.31. The summed E-state index contributed by atoms with van der Waals surface area (Å²) in [4.78, 5) is 2.23. The molecule has 0 aromatic carbocycles. The van der Waals surface area contributed by atoms with E-state index >= 15 is 0 Å². The lowest BCUT2D eigenvalue weighted by Crippen LogP contribution is -2.30. The van der Waals surface area contributed by atoms with Crippen LogP contribution in [0.4, 0.5) is 5.82 Å². The lowest BCUT2D eigenvalue weighted by molar-refractivity contribution is 0.204. The lowest BCUT2D eigenvalue weighted by atomic mass is 10.4. The van der Waals surface area contributed by atoms with Gasteiger partial charge in [-0.25, -0.2) is 0 Å². The fraction of sp³-hybridized carbons (Fsp3) is 0.600. The zero-order valence-electron chi connectivity index (χ0n) is 8.69. The van der Waals surface area contributed by atoms with Crippen molar-refractivity contribution in [2.45, 2.75) is 18.9 Å². The van der Waals surface area contributed by atoms with Gasteiger partial charge in [0.05, 0.1) is 6.61 Å². The van der Waals surface area contributed by atoms with Crippen molar-refractivity contribution in [3.05, 3.63) is 17.3 Å². The molecule has 1 fully saturated rings. The van der Waals surface area contributed by atoms with Crippen molar-refractivity contribution in [2.75, 3.05) is 25.2 Å². The highest BCUT2D eigenvalue weighted by atomic mass is 35.5. The van der Waals surface area contributed by atoms with Gasteiger partial charge in [0, 0.05) is 19.7 Å². The molecular formula is C10H14ClN3O. The maximum atomic E-state index is 5.70. The number of rotatable bonds is 5. The number of anilines is 1. The van der Waals surface area contributed by atoms with E-state index in [2.05, 4.69) is 15.1 Å². The summed E-state index contributed by atoms with van der Waals surface area (Å²) in [5.41, 5.74) is 0. The maximum absolute atomic E-state index is 5.70. The molecule has 1 aliphatic carbocycles. The first-order valence-corrected chi connectivity index (χ1v) is 5.44. The Labute approximate surface area is 94.2 Å². The molecule has 2 rings (SSSR count). The summed E-state index contributed by atoms with van der Waals surface area (Å²) in [6.07, 6.45) is 2.46. The van der Waals surface area contributed by atoms with Crippen LogP contribution in [0.25, 0.3) is 0 Å². The first kappa shape index (κ1) is 10.6. The summed E-state index contributed by atoms with van der Waals surface area (Å²) in [5, 5.41) is 8.36. The van der Waals surface area contributed by atoms with Crippen molar-refractivity contribution in [3.8, 4) is 0 Å². The summed E-state index contributed by atoms with van der Waals surface area (Å²) in [7, 11) is 1.71. The summed E-state index contributed by atoms with van der Waals surface area (Å²) in [6, 6.07) is 4.28. The Morgan fingerprint density at radius 2 is 2.27 bits per heavy atom. The molecule has 0 unspecified atom stereocenters. The summed E-state index contributed by atoms with van der Waals surface area (Å²) >= 11 is 5.70. The SMILES string of the molecule is COCCN(c1ccc(Cl)nn1)C1CC1. The molecule has 4 nitrogen and oxygen atoms in total. The average Bonchev–Trinajstić information content (AvgIpc) is 3.05. The van der Waals surface area contributed by atoms with Gasteiger partial charge in [0.2, 0.25) is 0 Å². The summed E-state index contributed by atoms with van der Waals surface area (Å²) in [6.45, 7) is 1.57. The van der Waals surface area contributed by atoms with Crippen LogP contribution in [0.15, 0.2) is 12.1 Å². The van der Waals surface area contributed by atoms with Crippen molar-refractivity contribution < 1.29 is 4.74 Å². The molecule has 0 amide bonds. The summed E-state index contributed by atoms with van der Waals surface area (Å²) in [5.74, 6) is 0.888. The van der Waals surface area contributed by atoms with Gasteiger partial charge < -0.3 is 9.64 Å². The average molecular weight is 228 g/mol. The molecule has 0 aliphatic heterocycles. The molecule has 0 spiro atoms. The summed E-state index contributed by atoms with van der Waals surface area (Å²) < 4.78 is 5.08. The highest BCUT2D eigenvalue weighted by Gasteiger charge is 2.29. The molecule has 1 aromatic heterocycles. The zero-order valence-corrected chi connectivity index (χ0v) is 9.44. The molecule has 0 N–H and O–H groups in total. The van der Waals surface area contributed by atoms with Crippen LogP contribution in [-0.2, 0) is 4.74 Å². The molecule has 0 saturated heterocycles. The lowest BCUT2D eigenvalue weighted by Gasteiger charge is -2.22. The van der Waals surface area contributed by atoms with Crippen LogP contribution >= 0.6 is 11.6 Å². The highest BCUT2D eigenvalue weighted by Crippen LogP contribution is 2.30. The monoisotopic (exact) mass is 227 g/mol. The van der Waals surface area contributed by atoms with Crippen LogP contribution < -0.4 is 4.90 Å². The Bertz CT molecular complexity index is 313. The number of aromatic nitrogens is 2. The molecule has 1 aliphatic rings. The smallest absolute Gasteiger partial charge is 0.151 e. The molecular weight excluding hydrogens is 214 g/mol. The van der Waals surface area contributed by atoms with Crippen LogP contribution in [0.5, 0.6) is 0 Å². The van der Waals surface area contributed by atoms with E-state index in [4.69, 9.17) is 16.3 Å². The van der Waals surface area contributed by atoms with Crippen LogP contribution in [0.2, 0.25) is 5.15 Å². The van der Waals surface area contributed by atoms with Crippen molar-refractivity contribution in [3.63, 3.8) is 0 Å². The molecule has 82 valence electrons. The van der Waals surface area contributed by atoms with Gasteiger partial charge in [-0.2, -0.15) is 0 Å². The van der Waals surface area contributed by atoms with Crippen LogP contribution in [-0.4, -0.2) is 36.5 Å². The third-order valence-electron chi connectivity index (χ3n) is 2.44. The predicted molar refractivity (Wildman–Crippen MR) is 59.3 cm³/mol. The molecule has 1 heterocycles. The Balaban J connectivity index is 2.06. The number of methoxy groups -OCH3 is 1. The highest BCUT2D eigenvalue weighted by molar-refractivity contribution is 6.29. The maximum Gasteiger partial charge on any atom is 0.151 e. The van der Waals surface area contributed by atoms with E-state index in [1.165, 1.54) is 12.8 Å². The van der Waals surface area contributed by atoms with Crippen molar-refractivity contribution in [2.24, 2.45) is 0 Å². The topological polar surface area (TPSA) is 38.2 Å². The van der Waals surface area contributed by atoms with Gasteiger partial charge in [0.15, 0.2) is 11.0 Å². The van der Waals surface area contributed by atoms with E-state index in [-0.39, 0.29) is 0 Å². The Morgan fingerprint density at radius 1 is 1.47 bits per heavy atom. The molecule has 1 saturated carbocycles. The third kappa shape index (κ3) is 2.79. The normalized spacial score (nSPS) is 15.3. The molecule has 0 radical (unpaired) electrons. The van der Waals surface area contributed by atoms with Crippen molar-refractivity contribution in [1.29, 1.82) is 0 Å². The second-order valence-corrected chi connectivity index (χ2v) is 4.02. The first-order valence-electron chi connectivity index (χ1n) is 5.06. The molecule has 15 heavy (non-hydrogen) atoms. The number of hydrogen-bond donors (Lipinski definition) is 0. The van der Waals surface area contributed by atoms with Crippen LogP contribution in [0.1, 0.15) is 12.8 Å². The van der Waals surface area contributed by atoms with Gasteiger partial charge in [0.1, 0.15) is 0 Å². The van der Waals surface area contributed by atoms with E-state index in [9.17, 15) is 0 Å². The van der Waals surface area contributed by atoms with Gasteiger partial charge >= 0.3 is 0 Å². The largest absolute Gasteiger partial charge is 0.383 e. The standard InChI is InChI=1S/C10H14ClN3O/c1-15-7-6-14(8-2-3-8)10-5-4-9(11)12-13-10/h4-5,8H,2-3,6-7H2,1H3. The van der Waals surface area contributed by atoms with E-state index in [0.29, 0.717) is 17.8 Å². The van der Waals surface area contributed by atoms with Gasteiger partial charge in [-0.3, -0.25) is 0 Å². The van der Waals surface area contributed by atoms with Crippen LogP contribution in [0.3, 0.4) is 0 Å². The molecule has 1 aromatic rings. The minimum atomic E-state index is 0.432. The third-order valence-corrected chi connectivity index (χ3v) is 2.64. The number of nitrogens with zero attached hydrogens (tertiary/aromatic N) is 3. The zero-order chi connectivity index (χ0) is 10.7. The van der Waals surface area contributed by atoms with Gasteiger partial charge in [-0.05, 0) is 25.0 Å². The van der Waals surface area contributed by atoms with E-state index in [1.807, 2.05) is 6.07 Å². The Morgan fingerprint density at radius 3 is 2.80 bits per heavy atom. The van der Waals surface area contributed by atoms with Crippen LogP contribution in [0, 0.1) is 0 Å². The quantitative estimate of drug-likeness (QED) is 0.768. The fourth-order valence-electron chi connectivity index (χ4n) is 1.52. The fourth-order valence-corrected chi connectivity index (χ4v) is 1.62. The van der Waals surface area contributed by atoms with Gasteiger partial charge in [-0.15, -0.1) is 10.2 Å². The Kier molecular flexibility index (Phi) is 3.38. The van der Waals surface area contributed by atoms with Gasteiger partial charge in [-0.1, -0.05) is 11.6 Å². The number of ether oxygens (including phenoxy) is 1. The van der Waals surface area contributed by atoms with Crippen molar-refractivity contribution in [1.82, 2.24) is 10.2 Å². The Hall–Kier alpha value is -0.870. The van der Waals surface area contributed by atoms with E-state index < -0.39 is 0 Å². The molecule has 0 bridgehead atoms. The molecule has 5 heteroatoms.